The summed E-state index contributed by atoms with van der Waals surface area (Å²) in [6, 6.07) is 15.1. The molecule has 0 saturated carbocycles. The molecule has 0 unspecified atom stereocenters. The van der Waals surface area contributed by atoms with Crippen molar-refractivity contribution in [2.45, 2.75) is 6.42 Å². The predicted octanol–water partition coefficient (Wildman–Crippen LogP) is 2.50. The van der Waals surface area contributed by atoms with E-state index in [2.05, 4.69) is 15.6 Å². The third-order valence-electron chi connectivity index (χ3n) is 3.81. The minimum absolute atomic E-state index is 0.0226. The minimum atomic E-state index is -0.152. The fraction of sp³-hybridized carbons (Fsp3) is 0.105. The van der Waals surface area contributed by atoms with Gasteiger partial charge < -0.3 is 10.2 Å². The molecular formula is C19H18N4O3. The molecule has 3 rings (SSSR count). The van der Waals surface area contributed by atoms with Crippen molar-refractivity contribution in [3.63, 3.8) is 0 Å². The first-order valence-corrected chi connectivity index (χ1v) is 7.96. The Kier molecular flexibility index (Phi) is 4.98. The molecule has 0 fully saturated rings. The van der Waals surface area contributed by atoms with Crippen LogP contribution in [0.2, 0.25) is 0 Å². The van der Waals surface area contributed by atoms with E-state index in [4.69, 9.17) is 0 Å². The van der Waals surface area contributed by atoms with Crippen molar-refractivity contribution in [2.24, 2.45) is 12.1 Å². The molecule has 3 aromatic rings. The average Bonchev–Trinajstić information content (AvgIpc) is 2.63. The van der Waals surface area contributed by atoms with Crippen molar-refractivity contribution < 1.29 is 10.2 Å². The third-order valence-corrected chi connectivity index (χ3v) is 3.81. The van der Waals surface area contributed by atoms with Crippen molar-refractivity contribution in [3.8, 4) is 22.8 Å². The standard InChI is InChI=1S/C19H18N4O3/c1-23-19(26)9-8-17(22-23)13-2-5-15(6-3-13)21-20-11-10-14-4-7-16(24)12-18(14)25/h2-9,11-12,21,24-25H,10H2,1H3. The number of phenols is 2. The van der Waals surface area contributed by atoms with Gasteiger partial charge in [-0.15, -0.1) is 0 Å². The van der Waals surface area contributed by atoms with Crippen LogP contribution in [0.3, 0.4) is 0 Å². The van der Waals surface area contributed by atoms with E-state index in [1.54, 1.807) is 25.4 Å². The molecule has 0 aliphatic carbocycles. The fourth-order valence-electron chi connectivity index (χ4n) is 2.36. The first kappa shape index (κ1) is 17.2. The molecule has 7 nitrogen and oxygen atoms in total. The molecular weight excluding hydrogens is 332 g/mol. The van der Waals surface area contributed by atoms with E-state index in [9.17, 15) is 15.0 Å². The van der Waals surface area contributed by atoms with Crippen molar-refractivity contribution in [3.05, 3.63) is 70.5 Å². The van der Waals surface area contributed by atoms with Gasteiger partial charge in [-0.3, -0.25) is 10.2 Å². The van der Waals surface area contributed by atoms with Crippen molar-refractivity contribution in [2.75, 3.05) is 5.43 Å². The van der Waals surface area contributed by atoms with E-state index in [0.717, 1.165) is 11.3 Å². The Hall–Kier alpha value is -3.61. The summed E-state index contributed by atoms with van der Waals surface area (Å²) in [5.74, 6) is 0.0555. The minimum Gasteiger partial charge on any atom is -0.508 e. The Morgan fingerprint density at radius 2 is 1.88 bits per heavy atom. The maximum absolute atomic E-state index is 11.4. The summed E-state index contributed by atoms with van der Waals surface area (Å²) in [6.45, 7) is 0. The van der Waals surface area contributed by atoms with E-state index >= 15 is 0 Å². The van der Waals surface area contributed by atoms with Crippen LogP contribution >= 0.6 is 0 Å². The molecule has 3 N–H and O–H groups in total. The summed E-state index contributed by atoms with van der Waals surface area (Å²) < 4.78 is 1.30. The highest BCUT2D eigenvalue weighted by atomic mass is 16.3. The number of benzene rings is 2. The second-order valence-corrected chi connectivity index (χ2v) is 5.70. The zero-order valence-electron chi connectivity index (χ0n) is 14.1. The lowest BCUT2D eigenvalue weighted by Crippen LogP contribution is -2.18. The molecule has 2 aromatic carbocycles. The van der Waals surface area contributed by atoms with Crippen LogP contribution in [0.5, 0.6) is 11.5 Å². The van der Waals surface area contributed by atoms with Crippen LogP contribution in [0.1, 0.15) is 5.56 Å². The average molecular weight is 350 g/mol. The number of aromatic hydroxyl groups is 2. The smallest absolute Gasteiger partial charge is 0.266 e. The van der Waals surface area contributed by atoms with Crippen LogP contribution < -0.4 is 11.0 Å². The van der Waals surface area contributed by atoms with Gasteiger partial charge in [0.25, 0.3) is 5.56 Å². The Bertz CT molecular complexity index is 994. The summed E-state index contributed by atoms with van der Waals surface area (Å²) in [4.78, 5) is 11.4. The van der Waals surface area contributed by atoms with E-state index in [1.165, 1.54) is 22.9 Å². The summed E-state index contributed by atoms with van der Waals surface area (Å²) >= 11 is 0. The van der Waals surface area contributed by atoms with E-state index in [-0.39, 0.29) is 17.1 Å². The molecule has 0 bridgehead atoms. The topological polar surface area (TPSA) is 99.7 Å². The Morgan fingerprint density at radius 1 is 1.12 bits per heavy atom. The maximum Gasteiger partial charge on any atom is 0.266 e. The predicted molar refractivity (Wildman–Crippen MR) is 101 cm³/mol. The number of hydrazone groups is 1. The molecule has 0 aliphatic rings. The highest BCUT2D eigenvalue weighted by Gasteiger charge is 2.02. The van der Waals surface area contributed by atoms with Gasteiger partial charge in [0.2, 0.25) is 0 Å². The molecule has 1 heterocycles. The molecule has 1 aromatic heterocycles. The number of nitrogens with one attached hydrogen (secondary N) is 1. The highest BCUT2D eigenvalue weighted by molar-refractivity contribution is 5.66. The molecule has 0 radical (unpaired) electrons. The lowest BCUT2D eigenvalue weighted by atomic mass is 10.1. The second kappa shape index (κ2) is 7.52. The zero-order chi connectivity index (χ0) is 18.5. The quantitative estimate of drug-likeness (QED) is 0.485. The van der Waals surface area contributed by atoms with Gasteiger partial charge in [-0.2, -0.15) is 10.2 Å². The first-order chi connectivity index (χ1) is 12.5. The fourth-order valence-corrected chi connectivity index (χ4v) is 2.36. The number of hydrogen-bond acceptors (Lipinski definition) is 6. The van der Waals surface area contributed by atoms with Crippen LogP contribution in [-0.2, 0) is 13.5 Å². The van der Waals surface area contributed by atoms with Crippen LogP contribution in [0.25, 0.3) is 11.3 Å². The highest BCUT2D eigenvalue weighted by Crippen LogP contribution is 2.22. The summed E-state index contributed by atoms with van der Waals surface area (Å²) in [7, 11) is 1.61. The van der Waals surface area contributed by atoms with Gasteiger partial charge in [0, 0.05) is 37.4 Å². The Balaban J connectivity index is 1.62. The Labute approximate surface area is 149 Å². The van der Waals surface area contributed by atoms with Crippen LogP contribution in [0.4, 0.5) is 5.69 Å². The molecule has 7 heteroatoms. The van der Waals surface area contributed by atoms with Gasteiger partial charge in [-0.05, 0) is 29.8 Å². The van der Waals surface area contributed by atoms with Crippen molar-refractivity contribution in [1.82, 2.24) is 9.78 Å². The van der Waals surface area contributed by atoms with Gasteiger partial charge >= 0.3 is 0 Å². The number of rotatable bonds is 5. The maximum atomic E-state index is 11.4. The number of aryl methyl sites for hydroxylation is 1. The van der Waals surface area contributed by atoms with Gasteiger partial charge in [-0.1, -0.05) is 18.2 Å². The van der Waals surface area contributed by atoms with E-state index < -0.39 is 0 Å². The molecule has 0 atom stereocenters. The molecule has 132 valence electrons. The first-order valence-electron chi connectivity index (χ1n) is 7.96. The lowest BCUT2D eigenvalue weighted by molar-refractivity contribution is 0.447. The number of phenolic OH excluding ortho intramolecular Hbond substituents is 2. The number of anilines is 1. The van der Waals surface area contributed by atoms with E-state index in [0.29, 0.717) is 17.7 Å². The van der Waals surface area contributed by atoms with Crippen molar-refractivity contribution >= 4 is 11.9 Å². The number of aromatic nitrogens is 2. The summed E-state index contributed by atoms with van der Waals surface area (Å²) in [5.41, 5.74) is 5.83. The summed E-state index contributed by atoms with van der Waals surface area (Å²) in [5, 5.41) is 27.3. The number of hydrogen-bond donors (Lipinski definition) is 3. The van der Waals surface area contributed by atoms with E-state index in [1.807, 2.05) is 24.3 Å². The zero-order valence-corrected chi connectivity index (χ0v) is 14.1. The monoisotopic (exact) mass is 350 g/mol. The normalized spacial score (nSPS) is 11.0. The van der Waals surface area contributed by atoms with Gasteiger partial charge in [-0.25, -0.2) is 4.68 Å². The van der Waals surface area contributed by atoms with Crippen molar-refractivity contribution in [1.29, 1.82) is 0 Å². The SMILES string of the molecule is Cn1nc(-c2ccc(NN=CCc3ccc(O)cc3O)cc2)ccc1=O. The van der Waals surface area contributed by atoms with Crippen LogP contribution in [0.15, 0.2) is 64.5 Å². The van der Waals surface area contributed by atoms with Gasteiger partial charge in [0.05, 0.1) is 11.4 Å². The third kappa shape index (κ3) is 4.07. The van der Waals surface area contributed by atoms with Gasteiger partial charge in [0.1, 0.15) is 11.5 Å². The molecule has 0 saturated heterocycles. The molecule has 0 spiro atoms. The largest absolute Gasteiger partial charge is 0.508 e. The second-order valence-electron chi connectivity index (χ2n) is 5.70. The molecule has 0 aliphatic heterocycles. The summed E-state index contributed by atoms with van der Waals surface area (Å²) in [6.07, 6.45) is 2.06. The molecule has 0 amide bonds. The van der Waals surface area contributed by atoms with Gasteiger partial charge in [0.15, 0.2) is 0 Å². The molecule has 26 heavy (non-hydrogen) atoms. The number of nitrogens with zero attached hydrogens (tertiary/aromatic N) is 3. The van der Waals surface area contributed by atoms with Crippen LogP contribution in [-0.4, -0.2) is 26.2 Å². The van der Waals surface area contributed by atoms with Crippen LogP contribution in [0, 0.1) is 0 Å². The lowest BCUT2D eigenvalue weighted by Gasteiger charge is -2.05. The Morgan fingerprint density at radius 3 is 2.58 bits per heavy atom.